The number of hydrogen-bond acceptors (Lipinski definition) is 7. The third kappa shape index (κ3) is 2.98. The van der Waals surface area contributed by atoms with Crippen molar-refractivity contribution in [1.29, 1.82) is 0 Å². The summed E-state index contributed by atoms with van der Waals surface area (Å²) in [6.07, 6.45) is 7.39. The lowest BCUT2D eigenvalue weighted by Crippen LogP contribution is -2.04. The fraction of sp³-hybridized carbons (Fsp3) is 0.286. The molecule has 5 rings (SSSR count). The molecule has 0 spiro atoms. The highest BCUT2D eigenvalue weighted by Crippen LogP contribution is 2.52. The highest BCUT2D eigenvalue weighted by molar-refractivity contribution is 5.62. The van der Waals surface area contributed by atoms with E-state index in [1.807, 2.05) is 12.3 Å². The Hall–Kier alpha value is -3.35. The van der Waals surface area contributed by atoms with E-state index >= 15 is 0 Å². The van der Waals surface area contributed by atoms with Crippen LogP contribution in [0.4, 0.5) is 23.1 Å². The first-order valence-corrected chi connectivity index (χ1v) is 9.43. The Labute approximate surface area is 162 Å². The normalized spacial score (nSPS) is 19.3. The molecule has 2 bridgehead atoms. The van der Waals surface area contributed by atoms with E-state index in [1.54, 1.807) is 24.4 Å². The summed E-state index contributed by atoms with van der Waals surface area (Å²) in [6.45, 7) is 0. The third-order valence-corrected chi connectivity index (χ3v) is 5.57. The number of rotatable bonds is 5. The van der Waals surface area contributed by atoms with Crippen LogP contribution in [-0.2, 0) is 0 Å². The molecule has 7 nitrogen and oxygen atoms in total. The molecule has 2 aliphatic carbocycles. The molecular weight excluding hydrogens is 354 g/mol. The van der Waals surface area contributed by atoms with Gasteiger partial charge in [-0.3, -0.25) is 4.98 Å². The maximum atomic E-state index is 9.72. The van der Waals surface area contributed by atoms with Crippen molar-refractivity contribution in [3.05, 3.63) is 54.0 Å². The second-order valence-corrected chi connectivity index (χ2v) is 7.31. The molecule has 2 heterocycles. The Balaban J connectivity index is 1.34. The number of ether oxygens (including phenoxy) is 1. The molecule has 2 aromatic heterocycles. The fourth-order valence-corrected chi connectivity index (χ4v) is 4.26. The molecule has 2 unspecified atom stereocenters. The standard InChI is InChI=1S/C21H21N5O2/c1-28-18-10-14(4-5-17(18)27)25-21-22-7-6-19(26-21)24-15-9-16-12-2-3-13(8-12)20(16)23-11-15/h4-7,9-13,27H,2-3,8H2,1H3,(H2,22,24,25,26). The predicted octanol–water partition coefficient (Wildman–Crippen LogP) is 4.44. The van der Waals surface area contributed by atoms with Gasteiger partial charge >= 0.3 is 0 Å². The number of nitrogens with zero attached hydrogens (tertiary/aromatic N) is 3. The number of aromatic nitrogens is 3. The summed E-state index contributed by atoms with van der Waals surface area (Å²) < 4.78 is 5.13. The molecular formula is C21H21N5O2. The lowest BCUT2D eigenvalue weighted by Gasteiger charge is -2.15. The summed E-state index contributed by atoms with van der Waals surface area (Å²) in [5.74, 6) is 2.94. The number of nitrogens with one attached hydrogen (secondary N) is 2. The molecule has 142 valence electrons. The van der Waals surface area contributed by atoms with E-state index < -0.39 is 0 Å². The number of methoxy groups -OCH3 is 1. The minimum absolute atomic E-state index is 0.0854. The van der Waals surface area contributed by atoms with Gasteiger partial charge in [-0.1, -0.05) is 0 Å². The van der Waals surface area contributed by atoms with E-state index in [1.165, 1.54) is 37.6 Å². The van der Waals surface area contributed by atoms with Crippen molar-refractivity contribution in [3.63, 3.8) is 0 Å². The molecule has 0 saturated heterocycles. The number of benzene rings is 1. The molecule has 7 heteroatoms. The van der Waals surface area contributed by atoms with Gasteiger partial charge < -0.3 is 20.5 Å². The van der Waals surface area contributed by atoms with Crippen LogP contribution >= 0.6 is 0 Å². The average molecular weight is 375 g/mol. The van der Waals surface area contributed by atoms with Gasteiger partial charge in [-0.15, -0.1) is 0 Å². The Morgan fingerprint density at radius 1 is 1.04 bits per heavy atom. The van der Waals surface area contributed by atoms with Gasteiger partial charge in [0.1, 0.15) is 5.82 Å². The van der Waals surface area contributed by atoms with E-state index in [2.05, 4.69) is 26.7 Å². The van der Waals surface area contributed by atoms with E-state index in [9.17, 15) is 5.11 Å². The van der Waals surface area contributed by atoms with Crippen LogP contribution < -0.4 is 15.4 Å². The Bertz CT molecular complexity index is 1040. The van der Waals surface area contributed by atoms with E-state index in [4.69, 9.17) is 9.72 Å². The maximum Gasteiger partial charge on any atom is 0.229 e. The monoisotopic (exact) mass is 375 g/mol. The number of anilines is 4. The molecule has 3 N–H and O–H groups in total. The lowest BCUT2D eigenvalue weighted by molar-refractivity contribution is 0.374. The molecule has 1 fully saturated rings. The molecule has 2 atom stereocenters. The molecule has 0 aliphatic heterocycles. The van der Waals surface area contributed by atoms with Crippen LogP contribution in [0.2, 0.25) is 0 Å². The quantitative estimate of drug-likeness (QED) is 0.568. The van der Waals surface area contributed by atoms with Gasteiger partial charge in [-0.2, -0.15) is 4.98 Å². The third-order valence-electron chi connectivity index (χ3n) is 5.57. The molecule has 3 aromatic rings. The first-order valence-electron chi connectivity index (χ1n) is 9.43. The van der Waals surface area contributed by atoms with Crippen molar-refractivity contribution >= 4 is 23.1 Å². The SMILES string of the molecule is COc1cc(Nc2nccc(Nc3cnc4c(c3)C3CCC4C3)n2)ccc1O. The largest absolute Gasteiger partial charge is 0.504 e. The minimum Gasteiger partial charge on any atom is -0.504 e. The van der Waals surface area contributed by atoms with E-state index in [0.29, 0.717) is 29.4 Å². The number of hydrogen-bond donors (Lipinski definition) is 3. The highest BCUT2D eigenvalue weighted by atomic mass is 16.5. The van der Waals surface area contributed by atoms with Gasteiger partial charge in [-0.05, 0) is 55.0 Å². The zero-order valence-corrected chi connectivity index (χ0v) is 15.5. The zero-order valence-electron chi connectivity index (χ0n) is 15.5. The molecule has 0 radical (unpaired) electrons. The van der Waals surface area contributed by atoms with Crippen molar-refractivity contribution in [2.75, 3.05) is 17.7 Å². The predicted molar refractivity (Wildman–Crippen MR) is 107 cm³/mol. The number of pyridine rings is 1. The Morgan fingerprint density at radius 2 is 1.93 bits per heavy atom. The summed E-state index contributed by atoms with van der Waals surface area (Å²) in [7, 11) is 1.51. The number of phenols is 1. The van der Waals surface area contributed by atoms with Crippen LogP contribution in [0.5, 0.6) is 11.5 Å². The zero-order chi connectivity index (χ0) is 19.1. The van der Waals surface area contributed by atoms with Crippen molar-refractivity contribution in [3.8, 4) is 11.5 Å². The van der Waals surface area contributed by atoms with Gasteiger partial charge in [0.05, 0.1) is 19.0 Å². The van der Waals surface area contributed by atoms with Crippen molar-refractivity contribution in [2.45, 2.75) is 31.1 Å². The average Bonchev–Trinajstić information content (AvgIpc) is 3.32. The van der Waals surface area contributed by atoms with Gasteiger partial charge in [-0.25, -0.2) is 4.98 Å². The van der Waals surface area contributed by atoms with Crippen LogP contribution in [-0.4, -0.2) is 27.2 Å². The van der Waals surface area contributed by atoms with Gasteiger partial charge in [0.15, 0.2) is 11.5 Å². The maximum absolute atomic E-state index is 9.72. The van der Waals surface area contributed by atoms with Crippen LogP contribution in [0, 0.1) is 0 Å². The van der Waals surface area contributed by atoms with Crippen molar-refractivity contribution in [1.82, 2.24) is 15.0 Å². The molecule has 1 aromatic carbocycles. The minimum atomic E-state index is 0.0854. The fourth-order valence-electron chi connectivity index (χ4n) is 4.26. The molecule has 28 heavy (non-hydrogen) atoms. The second-order valence-electron chi connectivity index (χ2n) is 7.31. The number of aromatic hydroxyl groups is 1. The summed E-state index contributed by atoms with van der Waals surface area (Å²) >= 11 is 0. The van der Waals surface area contributed by atoms with Crippen LogP contribution in [0.3, 0.4) is 0 Å². The number of fused-ring (bicyclic) bond motifs is 5. The van der Waals surface area contributed by atoms with Crippen molar-refractivity contribution < 1.29 is 9.84 Å². The lowest BCUT2D eigenvalue weighted by atomic mass is 9.96. The highest BCUT2D eigenvalue weighted by Gasteiger charge is 2.37. The van der Waals surface area contributed by atoms with E-state index in [0.717, 1.165) is 11.4 Å². The van der Waals surface area contributed by atoms with Crippen LogP contribution in [0.1, 0.15) is 42.4 Å². The van der Waals surface area contributed by atoms with E-state index in [-0.39, 0.29) is 5.75 Å². The smallest absolute Gasteiger partial charge is 0.229 e. The second kappa shape index (κ2) is 6.67. The molecule has 2 aliphatic rings. The first kappa shape index (κ1) is 16.8. The van der Waals surface area contributed by atoms with Gasteiger partial charge in [0.2, 0.25) is 5.95 Å². The van der Waals surface area contributed by atoms with Crippen LogP contribution in [0.25, 0.3) is 0 Å². The summed E-state index contributed by atoms with van der Waals surface area (Å²) in [5, 5.41) is 16.2. The van der Waals surface area contributed by atoms with Gasteiger partial charge in [0.25, 0.3) is 0 Å². The summed E-state index contributed by atoms with van der Waals surface area (Å²) in [5.41, 5.74) is 4.35. The Morgan fingerprint density at radius 3 is 2.82 bits per heavy atom. The van der Waals surface area contributed by atoms with Crippen LogP contribution in [0.15, 0.2) is 42.7 Å². The van der Waals surface area contributed by atoms with Gasteiger partial charge in [0, 0.05) is 29.6 Å². The van der Waals surface area contributed by atoms with Crippen molar-refractivity contribution in [2.24, 2.45) is 0 Å². The summed E-state index contributed by atoms with van der Waals surface area (Å²) in [4.78, 5) is 13.5. The summed E-state index contributed by atoms with van der Waals surface area (Å²) in [6, 6.07) is 9.03. The Kier molecular flexibility index (Phi) is 4.00. The topological polar surface area (TPSA) is 92.2 Å². The molecule has 0 amide bonds. The molecule has 1 saturated carbocycles. The number of phenolic OH excluding ortho intramolecular Hbond substituents is 1. The first-order chi connectivity index (χ1) is 13.7.